The second-order valence-corrected chi connectivity index (χ2v) is 7.09. The van der Waals surface area contributed by atoms with Crippen molar-refractivity contribution in [3.8, 4) is 0 Å². The highest BCUT2D eigenvalue weighted by Crippen LogP contribution is 2.30. The maximum Gasteiger partial charge on any atom is 0.317 e. The van der Waals surface area contributed by atoms with Crippen LogP contribution in [0.25, 0.3) is 0 Å². The van der Waals surface area contributed by atoms with Crippen molar-refractivity contribution in [3.05, 3.63) is 29.8 Å². The molecule has 8 heteroatoms. The highest BCUT2D eigenvalue weighted by Gasteiger charge is 2.40. The highest BCUT2D eigenvalue weighted by atomic mass is 19.1. The molecule has 1 unspecified atom stereocenters. The molecule has 148 valence electrons. The Balaban J connectivity index is 1.63. The molecule has 1 aromatic rings. The number of likely N-dealkylation sites (tertiary alicyclic amines) is 1. The molecule has 3 rings (SSSR count). The van der Waals surface area contributed by atoms with E-state index < -0.39 is 17.6 Å². The zero-order chi connectivity index (χ0) is 19.6. The summed E-state index contributed by atoms with van der Waals surface area (Å²) in [7, 11) is 0. The minimum Gasteiger partial charge on any atom is -0.480 e. The van der Waals surface area contributed by atoms with Gasteiger partial charge in [0.1, 0.15) is 17.3 Å². The zero-order valence-electron chi connectivity index (χ0n) is 15.4. The van der Waals surface area contributed by atoms with Gasteiger partial charge in [-0.1, -0.05) is 13.0 Å². The molecule has 0 bridgehead atoms. The number of amides is 1. The van der Waals surface area contributed by atoms with E-state index in [1.165, 1.54) is 11.0 Å². The number of piperidine rings is 1. The number of aliphatic carboxylic acids is 1. The summed E-state index contributed by atoms with van der Waals surface area (Å²) in [5.74, 6) is -2.56. The summed E-state index contributed by atoms with van der Waals surface area (Å²) in [6.07, 6.45) is 2.09. The van der Waals surface area contributed by atoms with Gasteiger partial charge in [0.2, 0.25) is 5.91 Å². The first-order chi connectivity index (χ1) is 12.9. The summed E-state index contributed by atoms with van der Waals surface area (Å²) >= 11 is 0. The van der Waals surface area contributed by atoms with Gasteiger partial charge in [-0.05, 0) is 37.9 Å². The Hall–Kier alpha value is -2.06. The molecule has 2 fully saturated rings. The Bertz CT molecular complexity index is 687. The fourth-order valence-corrected chi connectivity index (χ4v) is 4.21. The van der Waals surface area contributed by atoms with Gasteiger partial charge in [0, 0.05) is 25.7 Å². The largest absolute Gasteiger partial charge is 0.480 e. The monoisotopic (exact) mass is 381 g/mol. The second-order valence-electron chi connectivity index (χ2n) is 7.09. The van der Waals surface area contributed by atoms with Gasteiger partial charge in [-0.2, -0.15) is 0 Å². The van der Waals surface area contributed by atoms with Crippen LogP contribution in [0.15, 0.2) is 18.2 Å². The number of carboxylic acids is 1. The number of carbonyl (C=O) groups excluding carboxylic acids is 1. The number of benzene rings is 1. The number of para-hydroxylation sites is 1. The molecule has 1 N–H and O–H groups in total. The van der Waals surface area contributed by atoms with E-state index in [0.717, 1.165) is 25.0 Å². The van der Waals surface area contributed by atoms with Crippen molar-refractivity contribution in [1.29, 1.82) is 0 Å². The molecule has 1 amide bonds. The fourth-order valence-electron chi connectivity index (χ4n) is 4.21. The molecule has 1 atom stereocenters. The number of anilines is 1. The molecular formula is C19H25F2N3O3. The topological polar surface area (TPSA) is 64.1 Å². The van der Waals surface area contributed by atoms with Crippen LogP contribution in [-0.4, -0.2) is 71.6 Å². The number of hydrogen-bond donors (Lipinski definition) is 1. The Kier molecular flexibility index (Phi) is 6.06. The number of hydrogen-bond acceptors (Lipinski definition) is 4. The quantitative estimate of drug-likeness (QED) is 0.816. The van der Waals surface area contributed by atoms with Crippen LogP contribution in [0.4, 0.5) is 14.5 Å². The van der Waals surface area contributed by atoms with Crippen LogP contribution in [-0.2, 0) is 9.59 Å². The average Bonchev–Trinajstić information content (AvgIpc) is 3.01. The Morgan fingerprint density at radius 1 is 1.19 bits per heavy atom. The van der Waals surface area contributed by atoms with Crippen LogP contribution in [0.3, 0.4) is 0 Å². The zero-order valence-corrected chi connectivity index (χ0v) is 15.4. The van der Waals surface area contributed by atoms with Crippen LogP contribution in [0.1, 0.15) is 26.2 Å². The maximum atomic E-state index is 14.0. The smallest absolute Gasteiger partial charge is 0.317 e. The van der Waals surface area contributed by atoms with Gasteiger partial charge in [-0.15, -0.1) is 0 Å². The molecular weight excluding hydrogens is 356 g/mol. The molecule has 1 aromatic carbocycles. The van der Waals surface area contributed by atoms with Gasteiger partial charge in [0.25, 0.3) is 0 Å². The van der Waals surface area contributed by atoms with Crippen molar-refractivity contribution in [2.75, 3.05) is 37.6 Å². The summed E-state index contributed by atoms with van der Waals surface area (Å²) in [6.45, 7) is 4.26. The van der Waals surface area contributed by atoms with Gasteiger partial charge < -0.3 is 10.0 Å². The summed E-state index contributed by atoms with van der Waals surface area (Å²) in [5, 5.41) is 9.02. The van der Waals surface area contributed by atoms with Gasteiger partial charge >= 0.3 is 5.97 Å². The minimum absolute atomic E-state index is 0.0177. The summed E-state index contributed by atoms with van der Waals surface area (Å²) in [6, 6.07) is 3.41. The molecule has 2 heterocycles. The SMILES string of the molecule is CCN(CC(=O)O)C1CCN(C2CCN(c3c(F)cccc3F)C2=O)CC1. The molecule has 0 radical (unpaired) electrons. The summed E-state index contributed by atoms with van der Waals surface area (Å²) < 4.78 is 28.1. The van der Waals surface area contributed by atoms with E-state index in [2.05, 4.69) is 4.90 Å². The van der Waals surface area contributed by atoms with E-state index in [1.807, 2.05) is 11.8 Å². The third kappa shape index (κ3) is 4.11. The van der Waals surface area contributed by atoms with Crippen molar-refractivity contribution in [2.45, 2.75) is 38.3 Å². The van der Waals surface area contributed by atoms with E-state index in [1.54, 1.807) is 0 Å². The highest BCUT2D eigenvalue weighted by molar-refractivity contribution is 5.99. The van der Waals surface area contributed by atoms with Crippen molar-refractivity contribution in [1.82, 2.24) is 9.80 Å². The molecule has 0 spiro atoms. The first-order valence-electron chi connectivity index (χ1n) is 9.37. The number of carboxylic acid groups (broad SMARTS) is 1. The maximum absolute atomic E-state index is 14.0. The molecule has 27 heavy (non-hydrogen) atoms. The molecule has 2 saturated heterocycles. The number of nitrogens with zero attached hydrogens (tertiary/aromatic N) is 3. The third-order valence-corrected chi connectivity index (χ3v) is 5.59. The summed E-state index contributed by atoms with van der Waals surface area (Å²) in [5.41, 5.74) is -0.265. The Labute approximate surface area is 157 Å². The lowest BCUT2D eigenvalue weighted by atomic mass is 10.0. The Morgan fingerprint density at radius 3 is 2.37 bits per heavy atom. The number of carbonyl (C=O) groups is 2. The van der Waals surface area contributed by atoms with E-state index >= 15 is 0 Å². The molecule has 0 saturated carbocycles. The van der Waals surface area contributed by atoms with Gasteiger partial charge in [-0.3, -0.25) is 19.4 Å². The molecule has 6 nitrogen and oxygen atoms in total. The van der Waals surface area contributed by atoms with E-state index in [9.17, 15) is 18.4 Å². The van der Waals surface area contributed by atoms with Crippen molar-refractivity contribution >= 4 is 17.6 Å². The first-order valence-corrected chi connectivity index (χ1v) is 9.37. The fraction of sp³-hybridized carbons (Fsp3) is 0.579. The van der Waals surface area contributed by atoms with Gasteiger partial charge in [0.05, 0.1) is 12.6 Å². The molecule has 2 aliphatic rings. The molecule has 2 aliphatic heterocycles. The van der Waals surface area contributed by atoms with Crippen molar-refractivity contribution < 1.29 is 23.5 Å². The lowest BCUT2D eigenvalue weighted by molar-refractivity contribution is -0.139. The number of likely N-dealkylation sites (N-methyl/N-ethyl adjacent to an activating group) is 1. The van der Waals surface area contributed by atoms with E-state index in [0.29, 0.717) is 32.6 Å². The van der Waals surface area contributed by atoms with Gasteiger partial charge in [-0.25, -0.2) is 8.78 Å². The van der Waals surface area contributed by atoms with Crippen LogP contribution >= 0.6 is 0 Å². The molecule has 0 aromatic heterocycles. The summed E-state index contributed by atoms with van der Waals surface area (Å²) in [4.78, 5) is 29.0. The average molecular weight is 381 g/mol. The predicted octanol–water partition coefficient (Wildman–Crippen LogP) is 1.94. The predicted molar refractivity (Wildman–Crippen MR) is 96.6 cm³/mol. The van der Waals surface area contributed by atoms with Crippen LogP contribution in [0.5, 0.6) is 0 Å². The van der Waals surface area contributed by atoms with Crippen LogP contribution in [0.2, 0.25) is 0 Å². The Morgan fingerprint density at radius 2 is 1.81 bits per heavy atom. The molecule has 0 aliphatic carbocycles. The third-order valence-electron chi connectivity index (χ3n) is 5.59. The normalized spacial score (nSPS) is 22.0. The first kappa shape index (κ1) is 19.7. The second kappa shape index (κ2) is 8.31. The lowest BCUT2D eigenvalue weighted by Crippen LogP contribution is -2.51. The van der Waals surface area contributed by atoms with Crippen LogP contribution < -0.4 is 4.90 Å². The van der Waals surface area contributed by atoms with Crippen LogP contribution in [0, 0.1) is 11.6 Å². The lowest BCUT2D eigenvalue weighted by Gasteiger charge is -2.39. The minimum atomic E-state index is -0.840. The number of halogens is 2. The number of rotatable bonds is 6. The van der Waals surface area contributed by atoms with E-state index in [-0.39, 0.29) is 30.2 Å². The van der Waals surface area contributed by atoms with Crippen molar-refractivity contribution in [3.63, 3.8) is 0 Å². The standard InChI is InChI=1S/C19H25F2N3O3/c1-2-22(12-17(25)26)13-6-9-23(10-7-13)16-8-11-24(19(16)27)18-14(20)4-3-5-15(18)21/h3-5,13,16H,2,6-12H2,1H3,(H,25,26). The van der Waals surface area contributed by atoms with Crippen molar-refractivity contribution in [2.24, 2.45) is 0 Å². The van der Waals surface area contributed by atoms with E-state index in [4.69, 9.17) is 5.11 Å². The van der Waals surface area contributed by atoms with Gasteiger partial charge in [0.15, 0.2) is 0 Å².